The monoisotopic (exact) mass is 354 g/mol. The highest BCUT2D eigenvalue weighted by atomic mass is 35.5. The lowest BCUT2D eigenvalue weighted by Gasteiger charge is -2.38. The van der Waals surface area contributed by atoms with Gasteiger partial charge in [0.2, 0.25) is 5.91 Å². The van der Waals surface area contributed by atoms with E-state index in [9.17, 15) is 4.79 Å². The quantitative estimate of drug-likeness (QED) is 0.845. The Morgan fingerprint density at radius 3 is 2.54 bits per heavy atom. The van der Waals surface area contributed by atoms with Crippen molar-refractivity contribution in [2.45, 2.75) is 43.3 Å². The summed E-state index contributed by atoms with van der Waals surface area (Å²) in [5.41, 5.74) is 6.85. The summed E-state index contributed by atoms with van der Waals surface area (Å²) in [4.78, 5) is 12.4. The minimum atomic E-state index is -0.351. The molecule has 1 amide bonds. The van der Waals surface area contributed by atoms with E-state index >= 15 is 0 Å². The molecule has 0 aromatic heterocycles. The second-order valence-corrected chi connectivity index (χ2v) is 6.54. The van der Waals surface area contributed by atoms with E-state index in [1.807, 2.05) is 6.07 Å². The average Bonchev–Trinajstić information content (AvgIpc) is 3.10. The van der Waals surface area contributed by atoms with Crippen LogP contribution in [0.2, 0.25) is 0 Å². The first-order valence-corrected chi connectivity index (χ1v) is 8.50. The van der Waals surface area contributed by atoms with Gasteiger partial charge in [-0.25, -0.2) is 0 Å². The normalized spacial score (nSPS) is 25.7. The number of rotatable bonds is 5. The maximum Gasteiger partial charge on any atom is 0.249 e. The first kappa shape index (κ1) is 19.2. The fourth-order valence-corrected chi connectivity index (χ4v) is 3.56. The Morgan fingerprint density at radius 1 is 1.21 bits per heavy atom. The molecule has 0 unspecified atom stereocenters. The van der Waals surface area contributed by atoms with Gasteiger partial charge in [0.1, 0.15) is 6.10 Å². The molecular weight excluding hydrogens is 328 g/mol. The zero-order chi connectivity index (χ0) is 16.1. The minimum absolute atomic E-state index is 0. The summed E-state index contributed by atoms with van der Waals surface area (Å²) in [7, 11) is 0. The van der Waals surface area contributed by atoms with Crippen molar-refractivity contribution in [3.63, 3.8) is 0 Å². The molecule has 5 nitrogen and oxygen atoms in total. The molecule has 6 heteroatoms. The van der Waals surface area contributed by atoms with Crippen molar-refractivity contribution in [3.8, 4) is 0 Å². The Labute approximate surface area is 149 Å². The molecule has 0 spiro atoms. The lowest BCUT2D eigenvalue weighted by Crippen LogP contribution is -2.47. The van der Waals surface area contributed by atoms with E-state index in [2.05, 4.69) is 29.6 Å². The highest BCUT2D eigenvalue weighted by molar-refractivity contribution is 5.85. The van der Waals surface area contributed by atoms with Crippen LogP contribution in [0.25, 0.3) is 0 Å². The average molecular weight is 355 g/mol. The van der Waals surface area contributed by atoms with Gasteiger partial charge >= 0.3 is 0 Å². The van der Waals surface area contributed by atoms with Crippen LogP contribution in [0.5, 0.6) is 0 Å². The first-order chi connectivity index (χ1) is 11.2. The third kappa shape index (κ3) is 4.28. The Balaban J connectivity index is 0.00000208. The Hall–Kier alpha value is -1.14. The van der Waals surface area contributed by atoms with Crippen molar-refractivity contribution in [3.05, 3.63) is 35.9 Å². The summed E-state index contributed by atoms with van der Waals surface area (Å²) in [6, 6.07) is 10.4. The molecule has 0 bridgehead atoms. The highest BCUT2D eigenvalue weighted by Crippen LogP contribution is 2.34. The molecule has 24 heavy (non-hydrogen) atoms. The van der Waals surface area contributed by atoms with Crippen molar-refractivity contribution in [2.75, 3.05) is 26.3 Å². The van der Waals surface area contributed by atoms with Crippen LogP contribution in [-0.2, 0) is 19.7 Å². The third-order valence-corrected chi connectivity index (χ3v) is 5.10. The zero-order valence-corrected chi connectivity index (χ0v) is 14.7. The van der Waals surface area contributed by atoms with Crippen LogP contribution in [0.4, 0.5) is 0 Å². The van der Waals surface area contributed by atoms with Crippen molar-refractivity contribution in [2.24, 2.45) is 5.73 Å². The number of hydrogen-bond donors (Lipinski definition) is 2. The van der Waals surface area contributed by atoms with Crippen LogP contribution < -0.4 is 11.1 Å². The van der Waals surface area contributed by atoms with Gasteiger partial charge < -0.3 is 20.5 Å². The van der Waals surface area contributed by atoms with Crippen molar-refractivity contribution in [1.82, 2.24) is 5.32 Å². The molecule has 3 rings (SSSR count). The summed E-state index contributed by atoms with van der Waals surface area (Å²) < 4.78 is 11.2. The van der Waals surface area contributed by atoms with Crippen LogP contribution >= 0.6 is 12.4 Å². The molecule has 0 aliphatic carbocycles. The molecule has 2 heterocycles. The van der Waals surface area contributed by atoms with E-state index in [1.54, 1.807) is 0 Å². The van der Waals surface area contributed by atoms with Gasteiger partial charge in [0.25, 0.3) is 0 Å². The van der Waals surface area contributed by atoms with Crippen LogP contribution in [0, 0.1) is 0 Å². The largest absolute Gasteiger partial charge is 0.381 e. The molecule has 2 saturated heterocycles. The number of carbonyl (C=O) groups excluding carboxylic acids is 1. The van der Waals surface area contributed by atoms with Gasteiger partial charge in [-0.1, -0.05) is 30.3 Å². The standard InChI is InChI=1S/C18H26N2O3.ClH/c19-12-15-6-7-16(23-15)17(21)20-13-18(8-10-22-11-9-18)14-4-2-1-3-5-14;/h1-5,15-16H,6-13,19H2,(H,20,21);1H/t15-,16+;/m1./s1. The van der Waals surface area contributed by atoms with E-state index in [-0.39, 0.29) is 35.9 Å². The molecule has 0 saturated carbocycles. The lowest BCUT2D eigenvalue weighted by atomic mass is 9.74. The van der Waals surface area contributed by atoms with Gasteiger partial charge in [0, 0.05) is 31.7 Å². The summed E-state index contributed by atoms with van der Waals surface area (Å²) in [6.45, 7) is 2.58. The number of ether oxygens (including phenoxy) is 2. The molecule has 2 aliphatic rings. The maximum atomic E-state index is 12.4. The molecule has 1 aromatic rings. The number of hydrogen-bond acceptors (Lipinski definition) is 4. The smallest absolute Gasteiger partial charge is 0.249 e. The van der Waals surface area contributed by atoms with Crippen LogP contribution in [0.15, 0.2) is 30.3 Å². The number of amides is 1. The number of carbonyl (C=O) groups is 1. The van der Waals surface area contributed by atoms with Crippen LogP contribution in [-0.4, -0.2) is 44.4 Å². The summed E-state index contributed by atoms with van der Waals surface area (Å²) in [6.07, 6.45) is 3.15. The predicted octanol–water partition coefficient (Wildman–Crippen LogP) is 1.78. The number of nitrogens with one attached hydrogen (secondary N) is 1. The molecule has 2 aliphatic heterocycles. The first-order valence-electron chi connectivity index (χ1n) is 8.50. The van der Waals surface area contributed by atoms with Crippen LogP contribution in [0.1, 0.15) is 31.2 Å². The van der Waals surface area contributed by atoms with Gasteiger partial charge in [-0.05, 0) is 31.2 Å². The van der Waals surface area contributed by atoms with Gasteiger partial charge in [0.15, 0.2) is 0 Å². The van der Waals surface area contributed by atoms with Crippen molar-refractivity contribution >= 4 is 18.3 Å². The third-order valence-electron chi connectivity index (χ3n) is 5.10. The molecule has 2 atom stereocenters. The van der Waals surface area contributed by atoms with E-state index in [0.29, 0.717) is 13.1 Å². The van der Waals surface area contributed by atoms with Gasteiger partial charge in [-0.3, -0.25) is 4.79 Å². The summed E-state index contributed by atoms with van der Waals surface area (Å²) >= 11 is 0. The number of halogens is 1. The Kier molecular flexibility index (Phi) is 7.04. The van der Waals surface area contributed by atoms with E-state index in [1.165, 1.54) is 5.56 Å². The fourth-order valence-electron chi connectivity index (χ4n) is 3.56. The SMILES string of the molecule is Cl.NC[C@H]1CC[C@@H](C(=O)NCC2(c3ccccc3)CCOCC2)O1. The van der Waals surface area contributed by atoms with Gasteiger partial charge in [-0.2, -0.15) is 0 Å². The zero-order valence-electron chi connectivity index (χ0n) is 13.9. The van der Waals surface area contributed by atoms with Crippen molar-refractivity contribution in [1.29, 1.82) is 0 Å². The topological polar surface area (TPSA) is 73.6 Å². The van der Waals surface area contributed by atoms with E-state index in [0.717, 1.165) is 38.9 Å². The van der Waals surface area contributed by atoms with Crippen molar-refractivity contribution < 1.29 is 14.3 Å². The van der Waals surface area contributed by atoms with Gasteiger partial charge in [0.05, 0.1) is 6.10 Å². The lowest BCUT2D eigenvalue weighted by molar-refractivity contribution is -0.132. The number of nitrogens with two attached hydrogens (primary N) is 1. The predicted molar refractivity (Wildman–Crippen MR) is 95.4 cm³/mol. The van der Waals surface area contributed by atoms with Crippen LogP contribution in [0.3, 0.4) is 0 Å². The van der Waals surface area contributed by atoms with E-state index < -0.39 is 0 Å². The highest BCUT2D eigenvalue weighted by Gasteiger charge is 2.36. The molecule has 2 fully saturated rings. The molecular formula is C18H27ClN2O3. The number of benzene rings is 1. The summed E-state index contributed by atoms with van der Waals surface area (Å²) in [5, 5.41) is 3.12. The fraction of sp³-hybridized carbons (Fsp3) is 0.611. The Morgan fingerprint density at radius 2 is 1.92 bits per heavy atom. The molecule has 1 aromatic carbocycles. The Bertz CT molecular complexity index is 520. The second-order valence-electron chi connectivity index (χ2n) is 6.54. The van der Waals surface area contributed by atoms with E-state index in [4.69, 9.17) is 15.2 Å². The van der Waals surface area contributed by atoms with Gasteiger partial charge in [-0.15, -0.1) is 12.4 Å². The maximum absolute atomic E-state index is 12.4. The molecule has 134 valence electrons. The summed E-state index contributed by atoms with van der Waals surface area (Å²) in [5.74, 6) is -0.0113. The molecule has 3 N–H and O–H groups in total. The molecule has 0 radical (unpaired) electrons. The second kappa shape index (κ2) is 8.81. The minimum Gasteiger partial charge on any atom is -0.381 e.